The molecule has 1 unspecified atom stereocenters. The highest BCUT2D eigenvalue weighted by molar-refractivity contribution is 5.88. The van der Waals surface area contributed by atoms with Gasteiger partial charge in [-0.05, 0) is 278 Å². The highest BCUT2D eigenvalue weighted by Gasteiger charge is 2.54. The lowest BCUT2D eigenvalue weighted by molar-refractivity contribution is -0.151. The summed E-state index contributed by atoms with van der Waals surface area (Å²) in [6.45, 7) is 17.9. The van der Waals surface area contributed by atoms with Crippen molar-refractivity contribution >= 4 is 64.3 Å². The summed E-state index contributed by atoms with van der Waals surface area (Å²) in [5, 5.41) is 25.4. The molecule has 0 radical (unpaired) electrons. The number of aliphatic hydroxyl groups is 1. The second-order valence-corrected chi connectivity index (χ2v) is 38.0. The van der Waals surface area contributed by atoms with E-state index >= 15 is 0 Å². The summed E-state index contributed by atoms with van der Waals surface area (Å²) < 4.78 is 41.4. The number of H-pyrrole nitrogens is 4. The van der Waals surface area contributed by atoms with Crippen molar-refractivity contribution in [2.24, 2.45) is 17.8 Å². The fourth-order valence-electron chi connectivity index (χ4n) is 20.8. The molecule has 2 saturated carbocycles. The number of hydrogen-bond donors (Lipinski definition) is 8. The van der Waals surface area contributed by atoms with Gasteiger partial charge in [0.05, 0.1) is 128 Å². The van der Waals surface area contributed by atoms with Crippen molar-refractivity contribution in [3.63, 3.8) is 0 Å². The van der Waals surface area contributed by atoms with Crippen LogP contribution in [0.25, 0.3) is 89.1 Å². The number of aromatic nitrogens is 8. The summed E-state index contributed by atoms with van der Waals surface area (Å²) in [5.41, 5.74) is 21.4. The molecular formula is C100H122N14O17. The third-order valence-electron chi connectivity index (χ3n) is 27.7. The predicted molar refractivity (Wildman–Crippen MR) is 492 cm³/mol. The number of hydrogen-bond acceptors (Lipinski definition) is 21. The van der Waals surface area contributed by atoms with Crippen LogP contribution in [0.2, 0.25) is 0 Å². The van der Waals surface area contributed by atoms with Crippen molar-refractivity contribution in [1.82, 2.24) is 70.1 Å². The number of alkyl carbamates (subject to hydrolysis) is 2. The van der Waals surface area contributed by atoms with E-state index in [9.17, 15) is 38.7 Å². The molecule has 8 N–H and O–H groups in total. The van der Waals surface area contributed by atoms with E-state index in [1.807, 2.05) is 77.6 Å². The molecule has 18 rings (SSSR count). The van der Waals surface area contributed by atoms with Gasteiger partial charge >= 0.3 is 36.3 Å². The molecule has 6 aromatic carbocycles. The maximum absolute atomic E-state index is 13.8. The summed E-state index contributed by atoms with van der Waals surface area (Å²) in [4.78, 5) is 127. The molecule has 8 aliphatic rings. The van der Waals surface area contributed by atoms with Crippen molar-refractivity contribution < 1.29 is 81.7 Å². The number of nitrogens with one attached hydrogen (secondary N) is 6. The zero-order valence-corrected chi connectivity index (χ0v) is 77.3. The van der Waals surface area contributed by atoms with Crippen molar-refractivity contribution in [2.75, 3.05) is 55.7 Å². The van der Waals surface area contributed by atoms with Crippen LogP contribution in [0.5, 0.6) is 0 Å². The Bertz CT molecular complexity index is 5900. The van der Waals surface area contributed by atoms with Gasteiger partial charge in [-0.3, -0.25) is 24.3 Å². The van der Waals surface area contributed by atoms with Crippen LogP contribution in [-0.4, -0.2) is 228 Å². The van der Waals surface area contributed by atoms with E-state index in [4.69, 9.17) is 58.2 Å². The van der Waals surface area contributed by atoms with Crippen LogP contribution >= 0.6 is 0 Å². The molecule has 8 heterocycles. The standard InChI is InChI=1S/C49H59N7O8.C44H50N6O4.C7H13NO5/c1-26(61-3)37(24-42(57)63-5)47(58)55-19-7-8-41(55)45-50-25-40(53-45)32-13-17-36-31(21-32)10-9-30-20-28(12-16-35(30)36)29-14-18-38-39(23-29)52-46(51-38)44-33-11-15-34(22-33)56(44)48(59)43(27(2)62-4)54-49(60)64-6;1-43(2,3)53-41(51)49-19-7-8-37(49)39-45-24-36(48-39)29-13-17-33-28(21-29)10-9-27-20-25(12-16-32(27)33)26-14-18-34-35(23-26)47-40(46-34)38-30-11-15-31(22-30)50(38)42(52)54-44(4,5)6;1-4(12-2)5(6(9)10)8-7(11)13-3/h12-14,16-18,20-21,23,25-27,33-34,37,41,43-44,48,59H,7-11,15,19,22,24H2,1-6H3,(H,50,53)(H,51,52)(H,54,60);12-14,16-18,20-21,23-24,30-31,37-38H,7-11,15,19,22H2,1-6H3,(H,45,48)(H,46,47);4-5H,1-3H3,(H,8,11)(H,9,10)/t26-,27-,33+,34-,37+,41+,43+,44+,48?;30-,31+,37-,38-;4-,5+/m101/s1. The largest absolute Gasteiger partial charge is 0.480 e. The number of aryl methyl sites for hydroxylation is 4. The number of carboxylic acid groups (broad SMARTS) is 1. The number of nitrogens with zero attached hydrogens (tertiary/aromatic N) is 8. The number of fused-ring (bicyclic) bond motifs is 12. The Labute approximate surface area is 762 Å². The zero-order valence-electron chi connectivity index (χ0n) is 77.3. The molecule has 4 aliphatic heterocycles. The van der Waals surface area contributed by atoms with Crippen LogP contribution in [0.15, 0.2) is 122 Å². The van der Waals surface area contributed by atoms with Gasteiger partial charge in [0.2, 0.25) is 5.91 Å². The highest BCUT2D eigenvalue weighted by Crippen LogP contribution is 2.53. The Morgan fingerprint density at radius 2 is 0.916 bits per heavy atom. The number of aliphatic hydroxyl groups excluding tert-OH is 1. The Balaban J connectivity index is 0.000000170. The van der Waals surface area contributed by atoms with Gasteiger partial charge in [-0.2, -0.15) is 0 Å². The summed E-state index contributed by atoms with van der Waals surface area (Å²) in [7, 11) is 8.28. The fraction of sp³-hybridized carbons (Fsp3) is 0.490. The van der Waals surface area contributed by atoms with Gasteiger partial charge in [0.15, 0.2) is 6.04 Å². The van der Waals surface area contributed by atoms with Crippen molar-refractivity contribution in [3.8, 4) is 67.0 Å². The Kier molecular flexibility index (Phi) is 27.1. The third-order valence-corrected chi connectivity index (χ3v) is 27.7. The van der Waals surface area contributed by atoms with Crippen LogP contribution < -0.4 is 10.6 Å². The smallest absolute Gasteiger partial charge is 0.411 e. The maximum Gasteiger partial charge on any atom is 0.411 e. The molecule has 10 aromatic rings. The van der Waals surface area contributed by atoms with E-state index in [1.54, 1.807) is 19.1 Å². The fourth-order valence-corrected chi connectivity index (χ4v) is 20.8. The van der Waals surface area contributed by atoms with E-state index in [2.05, 4.69) is 149 Å². The second kappa shape index (κ2) is 38.4. The minimum atomic E-state index is -1.17. The first-order valence-corrected chi connectivity index (χ1v) is 45.8. The van der Waals surface area contributed by atoms with Gasteiger partial charge in [-0.25, -0.2) is 43.9 Å². The van der Waals surface area contributed by atoms with Crippen LogP contribution in [0.3, 0.4) is 0 Å². The third kappa shape index (κ3) is 19.4. The summed E-state index contributed by atoms with van der Waals surface area (Å²) in [5.74, 6) is 1.58. The lowest BCUT2D eigenvalue weighted by atomic mass is 9.83. The second-order valence-electron chi connectivity index (χ2n) is 38.0. The summed E-state index contributed by atoms with van der Waals surface area (Å²) in [6, 6.07) is 37.7. The number of aliphatic carboxylic acids is 1. The number of carbonyl (C=O) groups is 7. The molecule has 15 atom stereocenters. The minimum absolute atomic E-state index is 0.0380. The van der Waals surface area contributed by atoms with Crippen LogP contribution in [0.4, 0.5) is 19.2 Å². The van der Waals surface area contributed by atoms with Crippen molar-refractivity contribution in [1.29, 1.82) is 0 Å². The van der Waals surface area contributed by atoms with Gasteiger partial charge in [0.1, 0.15) is 40.7 Å². The number of amides is 5. The molecule has 0 spiro atoms. The van der Waals surface area contributed by atoms with Gasteiger partial charge in [-0.15, -0.1) is 0 Å². The normalized spacial score (nSPS) is 21.6. The molecule has 131 heavy (non-hydrogen) atoms. The number of carboxylic acids is 1. The first kappa shape index (κ1) is 92.2. The lowest BCUT2D eigenvalue weighted by Gasteiger charge is -2.41. The van der Waals surface area contributed by atoms with Gasteiger partial charge in [0, 0.05) is 46.5 Å². The van der Waals surface area contributed by atoms with E-state index in [0.717, 1.165) is 182 Å². The Hall–Kier alpha value is -12.0. The van der Waals surface area contributed by atoms with Crippen LogP contribution in [-0.2, 0) is 78.0 Å². The molecular weight excluding hydrogens is 1670 g/mol. The van der Waals surface area contributed by atoms with E-state index in [-0.39, 0.29) is 60.8 Å². The first-order valence-electron chi connectivity index (χ1n) is 45.8. The molecule has 4 saturated heterocycles. The molecule has 4 aliphatic carbocycles. The number of imidazole rings is 4. The number of ether oxygens (including phenoxy) is 8. The number of piperidine rings is 2. The number of likely N-dealkylation sites (tertiary alicyclic amines) is 4. The van der Waals surface area contributed by atoms with E-state index < -0.39 is 77.9 Å². The van der Waals surface area contributed by atoms with Crippen LogP contribution in [0, 0.1) is 17.8 Å². The average molecular weight is 1790 g/mol. The number of esters is 1. The van der Waals surface area contributed by atoms with E-state index in [0.29, 0.717) is 24.9 Å². The monoisotopic (exact) mass is 1790 g/mol. The molecule has 4 bridgehead atoms. The maximum atomic E-state index is 13.8. The van der Waals surface area contributed by atoms with Crippen LogP contribution in [0.1, 0.15) is 203 Å². The van der Waals surface area contributed by atoms with E-state index in [1.165, 1.54) is 78.3 Å². The molecule has 5 amide bonds. The van der Waals surface area contributed by atoms with Crippen molar-refractivity contribution in [3.05, 3.63) is 167 Å². The predicted octanol–water partition coefficient (Wildman–Crippen LogP) is 16.6. The topological polar surface area (TPSA) is 386 Å². The number of aromatic amines is 4. The molecule has 6 fully saturated rings. The number of methoxy groups -OCH3 is 6. The first-order chi connectivity index (χ1) is 62.8. The SMILES string of the molecule is CC(C)(C)OC(=O)N1CCC[C@H]1c1ncc(-c2ccc3c(c2)CCc2cc(-c4ccc5nc([C@@H]6[C@H]7CC[C@H](C7)N6C(=O)OC(C)(C)C)[nH]c5c4)ccc2-3)[nH]1.COC(=O)C[C@H](C(=O)N1CCC[C@H]1c1ncc(-c2ccc3c(c2)CCc2cc(-c4ccc5nc([C@@H]6[C@H]7CC[C@H](C7)N6C(O)[C@@H](NC(=O)OC)[C@@H](C)OC)[nH]c5c4)ccc2-3)[nH]1)[C@@H](C)OC.COC(=O)N[C@H](C(=O)O)[C@@H](C)OC. The quantitative estimate of drug-likeness (QED) is 0.0231. The summed E-state index contributed by atoms with van der Waals surface area (Å²) in [6.07, 6.45) is 12.5. The molecule has 31 nitrogen and oxygen atoms in total. The van der Waals surface area contributed by atoms with Gasteiger partial charge in [0.25, 0.3) is 0 Å². The summed E-state index contributed by atoms with van der Waals surface area (Å²) >= 11 is 0. The average Bonchev–Trinajstić information content (AvgIpc) is 1.62. The minimum Gasteiger partial charge on any atom is -0.480 e. The highest BCUT2D eigenvalue weighted by atomic mass is 16.6. The number of carbonyl (C=O) groups excluding carboxylic acids is 6. The Morgan fingerprint density at radius 3 is 1.40 bits per heavy atom. The molecule has 31 heteroatoms. The zero-order chi connectivity index (χ0) is 92.8. The van der Waals surface area contributed by atoms with Gasteiger partial charge < -0.3 is 83.6 Å². The number of benzene rings is 6. The lowest BCUT2D eigenvalue weighted by Crippen LogP contribution is -2.59. The van der Waals surface area contributed by atoms with Gasteiger partial charge in [-0.1, -0.05) is 72.8 Å². The van der Waals surface area contributed by atoms with Crippen molar-refractivity contribution in [2.45, 2.75) is 243 Å². The Morgan fingerprint density at radius 1 is 0.481 bits per heavy atom. The number of rotatable bonds is 22. The molecule has 4 aromatic heterocycles. The molecule has 694 valence electrons.